The fourth-order valence-corrected chi connectivity index (χ4v) is 5.85. The number of benzene rings is 4. The molecule has 2 amide bonds. The number of rotatable bonds is 14. The number of esters is 1. The number of nitroso groups, excluding NO2 is 1. The Hall–Kier alpha value is -5.74. The third-order valence-electron chi connectivity index (χ3n) is 7.91. The van der Waals surface area contributed by atoms with Crippen molar-refractivity contribution in [2.75, 3.05) is 20.2 Å². The molecule has 0 saturated carbocycles. The lowest BCUT2D eigenvalue weighted by Crippen LogP contribution is -2.47. The number of imidazole rings is 1. The van der Waals surface area contributed by atoms with Crippen LogP contribution in [0.25, 0.3) is 0 Å². The molecule has 1 N–H and O–H groups in total. The maximum absolute atomic E-state index is 13.2. The summed E-state index contributed by atoms with van der Waals surface area (Å²) >= 11 is 0. The second-order valence-corrected chi connectivity index (χ2v) is 11.0. The summed E-state index contributed by atoms with van der Waals surface area (Å²) in [6, 6.07) is 38.5. The van der Waals surface area contributed by atoms with Gasteiger partial charge in [0, 0.05) is 24.3 Å². The molecule has 238 valence electrons. The van der Waals surface area contributed by atoms with E-state index in [0.717, 1.165) is 22.3 Å². The lowest BCUT2D eigenvalue weighted by atomic mass is 9.77. The van der Waals surface area contributed by atoms with E-state index < -0.39 is 29.4 Å². The molecule has 10 heteroatoms. The van der Waals surface area contributed by atoms with Crippen LogP contribution in [0.15, 0.2) is 139 Å². The molecule has 1 unspecified atom stereocenters. The van der Waals surface area contributed by atoms with Gasteiger partial charge in [-0.1, -0.05) is 121 Å². The Kier molecular flexibility index (Phi) is 10.8. The molecular weight excluding hydrogens is 594 g/mol. The van der Waals surface area contributed by atoms with E-state index in [1.165, 1.54) is 12.0 Å². The number of amides is 2. The predicted octanol–water partition coefficient (Wildman–Crippen LogP) is 4.72. The number of ether oxygens (including phenoxy) is 1. The van der Waals surface area contributed by atoms with E-state index in [-0.39, 0.29) is 26.1 Å². The maximum atomic E-state index is 13.2. The average Bonchev–Trinajstić information content (AvgIpc) is 3.58. The van der Waals surface area contributed by atoms with Crippen LogP contribution >= 0.6 is 0 Å². The van der Waals surface area contributed by atoms with E-state index in [1.807, 2.05) is 95.7 Å². The minimum absolute atomic E-state index is 0.0490. The van der Waals surface area contributed by atoms with Crippen molar-refractivity contribution in [2.24, 2.45) is 5.18 Å². The highest BCUT2D eigenvalue weighted by Crippen LogP contribution is 2.40. The summed E-state index contributed by atoms with van der Waals surface area (Å²) in [5.41, 5.74) is 3.63. The number of aromatic nitrogens is 2. The van der Waals surface area contributed by atoms with Crippen LogP contribution in [0.2, 0.25) is 0 Å². The second-order valence-electron chi connectivity index (χ2n) is 11.0. The van der Waals surface area contributed by atoms with Crippen molar-refractivity contribution >= 4 is 17.8 Å². The van der Waals surface area contributed by atoms with Gasteiger partial charge in [0.05, 0.1) is 32.2 Å². The predicted molar refractivity (Wildman–Crippen MR) is 177 cm³/mol. The van der Waals surface area contributed by atoms with E-state index in [4.69, 9.17) is 9.72 Å². The third kappa shape index (κ3) is 7.74. The molecule has 10 nitrogen and oxygen atoms in total. The van der Waals surface area contributed by atoms with Gasteiger partial charge in [-0.25, -0.2) is 9.78 Å². The normalized spacial score (nSPS) is 11.9. The molecule has 47 heavy (non-hydrogen) atoms. The van der Waals surface area contributed by atoms with E-state index in [0.29, 0.717) is 5.69 Å². The Morgan fingerprint density at radius 2 is 1.32 bits per heavy atom. The van der Waals surface area contributed by atoms with Crippen molar-refractivity contribution in [1.82, 2.24) is 19.8 Å². The number of hydrogen-bond acceptors (Lipinski definition) is 7. The highest BCUT2D eigenvalue weighted by atomic mass is 16.5. The smallest absolute Gasteiger partial charge is 0.328 e. The zero-order valence-corrected chi connectivity index (χ0v) is 25.9. The standard InChI is InChI=1S/C37H35N5O5/c1-47-36(45)33(39-34(43)25-41(26-35(44)40-46)23-28-14-6-2-7-15-28)22-32-24-42(27-38-32)37(29-16-8-3-9-17-29,30-18-10-4-11-19-30)31-20-12-5-13-21-31/h2-21,24,27,33H,22-23,25-26H2,1H3,(H,39,43). The van der Waals surface area contributed by atoms with Gasteiger partial charge in [-0.15, -0.1) is 4.91 Å². The average molecular weight is 630 g/mol. The second kappa shape index (κ2) is 15.5. The van der Waals surface area contributed by atoms with Crippen LogP contribution in [0, 0.1) is 4.91 Å². The van der Waals surface area contributed by atoms with Crippen LogP contribution < -0.4 is 5.32 Å². The van der Waals surface area contributed by atoms with Gasteiger partial charge in [-0.3, -0.25) is 14.5 Å². The largest absolute Gasteiger partial charge is 0.467 e. The van der Waals surface area contributed by atoms with Gasteiger partial charge in [0.2, 0.25) is 5.91 Å². The van der Waals surface area contributed by atoms with E-state index >= 15 is 0 Å². The Bertz CT molecular complexity index is 1680. The number of carbonyl (C=O) groups is 3. The van der Waals surface area contributed by atoms with Gasteiger partial charge in [0.15, 0.2) is 0 Å². The molecule has 5 aromatic rings. The molecule has 0 spiro atoms. The molecular formula is C37H35N5O5. The van der Waals surface area contributed by atoms with Gasteiger partial charge in [-0.2, -0.15) is 0 Å². The summed E-state index contributed by atoms with van der Waals surface area (Å²) < 4.78 is 7.06. The molecule has 0 bridgehead atoms. The van der Waals surface area contributed by atoms with Gasteiger partial charge >= 0.3 is 5.97 Å². The number of methoxy groups -OCH3 is 1. The summed E-state index contributed by atoms with van der Waals surface area (Å²) in [5.74, 6) is -2.07. The summed E-state index contributed by atoms with van der Waals surface area (Å²) in [4.78, 5) is 55.1. The number of nitrogens with zero attached hydrogens (tertiary/aromatic N) is 4. The van der Waals surface area contributed by atoms with Crippen molar-refractivity contribution in [2.45, 2.75) is 24.5 Å². The summed E-state index contributed by atoms with van der Waals surface area (Å²) in [6.07, 6.45) is 3.66. The molecule has 5 rings (SSSR count). The summed E-state index contributed by atoms with van der Waals surface area (Å²) in [7, 11) is 1.25. The summed E-state index contributed by atoms with van der Waals surface area (Å²) in [5, 5.41) is 5.22. The Morgan fingerprint density at radius 1 is 0.809 bits per heavy atom. The number of nitrogens with one attached hydrogen (secondary N) is 1. The molecule has 0 radical (unpaired) electrons. The number of carbonyl (C=O) groups excluding carboxylic acids is 3. The van der Waals surface area contributed by atoms with Crippen LogP contribution in [0.3, 0.4) is 0 Å². The zero-order chi connectivity index (χ0) is 33.1. The molecule has 0 saturated heterocycles. The molecule has 1 aromatic heterocycles. The van der Waals surface area contributed by atoms with Crippen molar-refractivity contribution in [3.8, 4) is 0 Å². The maximum Gasteiger partial charge on any atom is 0.328 e. The quantitative estimate of drug-likeness (QED) is 0.107. The van der Waals surface area contributed by atoms with E-state index in [1.54, 1.807) is 6.33 Å². The molecule has 1 atom stereocenters. The third-order valence-corrected chi connectivity index (χ3v) is 7.91. The molecule has 0 aliphatic heterocycles. The Balaban J connectivity index is 1.44. The zero-order valence-electron chi connectivity index (χ0n) is 25.9. The highest BCUT2D eigenvalue weighted by Gasteiger charge is 2.38. The van der Waals surface area contributed by atoms with Crippen LogP contribution in [0.5, 0.6) is 0 Å². The Labute approximate surface area is 273 Å². The molecule has 0 aliphatic carbocycles. The first-order valence-electron chi connectivity index (χ1n) is 15.1. The Morgan fingerprint density at radius 3 is 1.81 bits per heavy atom. The molecule has 0 aliphatic rings. The van der Waals surface area contributed by atoms with Crippen LogP contribution in [0.1, 0.15) is 27.9 Å². The lowest BCUT2D eigenvalue weighted by molar-refractivity contribution is -0.145. The van der Waals surface area contributed by atoms with E-state index in [9.17, 15) is 19.3 Å². The fourth-order valence-electron chi connectivity index (χ4n) is 5.85. The summed E-state index contributed by atoms with van der Waals surface area (Å²) in [6.45, 7) is -0.375. The minimum Gasteiger partial charge on any atom is -0.467 e. The van der Waals surface area contributed by atoms with Crippen LogP contribution in [-0.4, -0.2) is 58.5 Å². The lowest BCUT2D eigenvalue weighted by Gasteiger charge is -2.37. The van der Waals surface area contributed by atoms with Crippen molar-refractivity contribution in [1.29, 1.82) is 0 Å². The first-order valence-corrected chi connectivity index (χ1v) is 15.1. The van der Waals surface area contributed by atoms with Crippen LogP contribution in [0.4, 0.5) is 0 Å². The van der Waals surface area contributed by atoms with Crippen molar-refractivity contribution in [3.63, 3.8) is 0 Å². The topological polar surface area (TPSA) is 123 Å². The van der Waals surface area contributed by atoms with E-state index in [2.05, 4.69) is 46.9 Å². The van der Waals surface area contributed by atoms with Gasteiger partial charge in [-0.05, 0) is 22.3 Å². The first kappa shape index (κ1) is 32.6. The van der Waals surface area contributed by atoms with Gasteiger partial charge in [0.25, 0.3) is 5.91 Å². The van der Waals surface area contributed by atoms with Gasteiger partial charge < -0.3 is 14.6 Å². The van der Waals surface area contributed by atoms with Crippen LogP contribution in [-0.2, 0) is 37.6 Å². The molecule has 0 fully saturated rings. The highest BCUT2D eigenvalue weighted by molar-refractivity contribution is 5.86. The molecule has 1 heterocycles. The monoisotopic (exact) mass is 629 g/mol. The molecule has 4 aromatic carbocycles. The fraction of sp³-hybridized carbons (Fsp3) is 0.189. The SMILES string of the molecule is COC(=O)C(Cc1cn(C(c2ccccc2)(c2ccccc2)c2ccccc2)cn1)NC(=O)CN(CC(=O)N=O)Cc1ccccc1. The van der Waals surface area contributed by atoms with Gasteiger partial charge in [0.1, 0.15) is 11.6 Å². The van der Waals surface area contributed by atoms with Crippen molar-refractivity contribution in [3.05, 3.63) is 167 Å². The van der Waals surface area contributed by atoms with Crippen molar-refractivity contribution < 1.29 is 19.1 Å². The first-order chi connectivity index (χ1) is 22.9. The minimum atomic E-state index is -1.06. The number of hydrogen-bond donors (Lipinski definition) is 1.